The van der Waals surface area contributed by atoms with E-state index in [4.69, 9.17) is 4.74 Å². The minimum absolute atomic E-state index is 0.0478. The van der Waals surface area contributed by atoms with Crippen LogP contribution in [0.2, 0.25) is 0 Å². The van der Waals surface area contributed by atoms with E-state index in [9.17, 15) is 9.59 Å². The number of fused-ring (bicyclic) bond motifs is 1. The maximum absolute atomic E-state index is 13.4. The highest BCUT2D eigenvalue weighted by Gasteiger charge is 2.44. The number of nitrogens with zero attached hydrogens (tertiary/aromatic N) is 1. The number of likely N-dealkylation sites (N-methyl/N-ethyl adjacent to an activating group) is 1. The predicted molar refractivity (Wildman–Crippen MR) is 158 cm³/mol. The molecule has 0 spiro atoms. The van der Waals surface area contributed by atoms with E-state index in [0.717, 1.165) is 26.8 Å². The van der Waals surface area contributed by atoms with Gasteiger partial charge in [0.1, 0.15) is 4.88 Å². The third kappa shape index (κ3) is 5.45. The van der Waals surface area contributed by atoms with Crippen molar-refractivity contribution in [2.24, 2.45) is 0 Å². The Hall–Kier alpha value is -2.73. The lowest BCUT2D eigenvalue weighted by molar-refractivity contribution is -0.0167. The zero-order chi connectivity index (χ0) is 25.8. The summed E-state index contributed by atoms with van der Waals surface area (Å²) in [6.07, 6.45) is 0.718. The van der Waals surface area contributed by atoms with Crippen LogP contribution in [-0.4, -0.2) is 38.1 Å². The molecule has 1 amide bonds. The second kappa shape index (κ2) is 11.3. The quantitative estimate of drug-likeness (QED) is 0.200. The van der Waals surface area contributed by atoms with Crippen LogP contribution in [0, 0.1) is 3.57 Å². The van der Waals surface area contributed by atoms with Gasteiger partial charge < -0.3 is 15.0 Å². The van der Waals surface area contributed by atoms with Crippen molar-refractivity contribution in [1.29, 1.82) is 0 Å². The molecule has 37 heavy (non-hydrogen) atoms. The largest absolute Gasteiger partial charge is 0.431 e. The van der Waals surface area contributed by atoms with Gasteiger partial charge in [0.05, 0.1) is 4.88 Å². The number of hydrogen-bond donors (Lipinski definition) is 2. The Morgan fingerprint density at radius 3 is 2.49 bits per heavy atom. The molecule has 2 unspecified atom stereocenters. The average Bonchev–Trinajstić information content (AvgIpc) is 3.63. The second-order valence-corrected chi connectivity index (χ2v) is 11.9. The number of hydrogen-bond acceptors (Lipinski definition) is 7. The lowest BCUT2D eigenvalue weighted by Gasteiger charge is -2.35. The molecule has 0 aliphatic carbocycles. The zero-order valence-corrected chi connectivity index (χ0v) is 23.9. The number of benzene rings is 2. The van der Waals surface area contributed by atoms with Gasteiger partial charge in [0.25, 0.3) is 5.91 Å². The van der Waals surface area contributed by atoms with Crippen LogP contribution < -0.4 is 15.5 Å². The Labute approximate surface area is 237 Å². The van der Waals surface area contributed by atoms with Crippen LogP contribution in [0.5, 0.6) is 0 Å². The molecule has 0 fully saturated rings. The summed E-state index contributed by atoms with van der Waals surface area (Å²) < 4.78 is 7.49. The first-order chi connectivity index (χ1) is 18.0. The lowest BCUT2D eigenvalue weighted by atomic mass is 9.92. The van der Waals surface area contributed by atoms with Crippen molar-refractivity contribution >= 4 is 62.8 Å². The molecule has 0 bridgehead atoms. The van der Waals surface area contributed by atoms with E-state index in [1.54, 1.807) is 6.07 Å². The first-order valence-electron chi connectivity index (χ1n) is 11.9. The number of rotatable bonds is 7. The Bertz CT molecular complexity index is 1360. The van der Waals surface area contributed by atoms with Crippen LogP contribution in [-0.2, 0) is 10.5 Å². The summed E-state index contributed by atoms with van der Waals surface area (Å²) in [6, 6.07) is 23.4. The fourth-order valence-corrected chi connectivity index (χ4v) is 6.31. The predicted octanol–water partition coefficient (Wildman–Crippen LogP) is 5.70. The lowest BCUT2D eigenvalue weighted by Crippen LogP contribution is -2.49. The first kappa shape index (κ1) is 25.9. The van der Waals surface area contributed by atoms with Crippen molar-refractivity contribution in [3.05, 3.63) is 108 Å². The number of thiophene rings is 2. The number of carbonyl (C=O) groups is 2. The molecule has 4 aromatic rings. The van der Waals surface area contributed by atoms with Gasteiger partial charge in [-0.2, -0.15) is 0 Å². The van der Waals surface area contributed by atoms with Gasteiger partial charge in [0.15, 0.2) is 0 Å². The molecule has 5 rings (SSSR count). The van der Waals surface area contributed by atoms with Gasteiger partial charge in [-0.25, -0.2) is 4.79 Å². The van der Waals surface area contributed by atoms with E-state index in [0.29, 0.717) is 22.8 Å². The summed E-state index contributed by atoms with van der Waals surface area (Å²) in [6.45, 7) is 1.07. The Morgan fingerprint density at radius 1 is 1.05 bits per heavy atom. The van der Waals surface area contributed by atoms with Crippen molar-refractivity contribution in [3.63, 3.8) is 0 Å². The standard InChI is InChI=1S/C28H26IN3O3S2/c1-32-21(13-14-30-26(33)24-9-5-15-36-24)18-31-28(19-7-3-2-4-8-19,22-12-11-20(29)17-23(22)32)35-27(34)25-10-6-16-37-25/h2-12,15-17,21,31H,13-14,18H2,1H3,(H,30,33). The van der Waals surface area contributed by atoms with E-state index in [-0.39, 0.29) is 17.9 Å². The number of nitrogens with one attached hydrogen (secondary N) is 2. The molecule has 1 aliphatic rings. The Morgan fingerprint density at radius 2 is 1.78 bits per heavy atom. The van der Waals surface area contributed by atoms with Crippen molar-refractivity contribution < 1.29 is 14.3 Å². The van der Waals surface area contributed by atoms with Crippen LogP contribution in [0.1, 0.15) is 36.9 Å². The molecule has 2 N–H and O–H groups in total. The fraction of sp³-hybridized carbons (Fsp3) is 0.214. The van der Waals surface area contributed by atoms with Crippen molar-refractivity contribution in [2.75, 3.05) is 25.0 Å². The number of halogens is 1. The number of carbonyl (C=O) groups excluding carboxylic acids is 2. The van der Waals surface area contributed by atoms with Gasteiger partial charge in [-0.15, -0.1) is 22.7 Å². The topological polar surface area (TPSA) is 70.7 Å². The monoisotopic (exact) mass is 643 g/mol. The molecular weight excluding hydrogens is 617 g/mol. The van der Waals surface area contributed by atoms with Gasteiger partial charge in [-0.1, -0.05) is 48.5 Å². The first-order valence-corrected chi connectivity index (χ1v) is 14.7. The van der Waals surface area contributed by atoms with E-state index in [1.807, 2.05) is 71.4 Å². The molecule has 3 heterocycles. The number of anilines is 1. The van der Waals surface area contributed by atoms with Gasteiger partial charge >= 0.3 is 5.97 Å². The maximum atomic E-state index is 13.4. The van der Waals surface area contributed by atoms with Crippen LogP contribution in [0.25, 0.3) is 0 Å². The molecule has 2 aromatic heterocycles. The van der Waals surface area contributed by atoms with Gasteiger partial charge in [-0.3, -0.25) is 10.1 Å². The summed E-state index contributed by atoms with van der Waals surface area (Å²) >= 11 is 5.10. The third-order valence-electron chi connectivity index (χ3n) is 6.51. The molecular formula is C28H26IN3O3S2. The summed E-state index contributed by atoms with van der Waals surface area (Å²) in [5, 5.41) is 10.4. The third-order valence-corrected chi connectivity index (χ3v) is 8.90. The zero-order valence-electron chi connectivity index (χ0n) is 20.1. The van der Waals surface area contributed by atoms with Crippen LogP contribution in [0.4, 0.5) is 5.69 Å². The van der Waals surface area contributed by atoms with Gasteiger partial charge in [0.2, 0.25) is 5.72 Å². The van der Waals surface area contributed by atoms with E-state index < -0.39 is 5.72 Å². The molecule has 9 heteroatoms. The molecule has 0 radical (unpaired) electrons. The normalized spacial score (nSPS) is 19.1. The molecule has 190 valence electrons. The number of esters is 1. The highest BCUT2D eigenvalue weighted by atomic mass is 127. The number of ether oxygens (including phenoxy) is 1. The van der Waals surface area contributed by atoms with Crippen molar-refractivity contribution in [1.82, 2.24) is 10.6 Å². The summed E-state index contributed by atoms with van der Waals surface area (Å²) in [4.78, 5) is 29.3. The smallest absolute Gasteiger partial charge is 0.350 e. The minimum atomic E-state index is -1.18. The van der Waals surface area contributed by atoms with Crippen LogP contribution >= 0.6 is 45.3 Å². The average molecular weight is 644 g/mol. The highest BCUT2D eigenvalue weighted by molar-refractivity contribution is 14.1. The Balaban J connectivity index is 1.49. The molecule has 2 atom stereocenters. The molecule has 0 saturated carbocycles. The van der Waals surface area contributed by atoms with E-state index in [2.05, 4.69) is 51.2 Å². The van der Waals surface area contributed by atoms with Crippen LogP contribution in [0.15, 0.2) is 83.6 Å². The van der Waals surface area contributed by atoms with E-state index >= 15 is 0 Å². The van der Waals surface area contributed by atoms with Gasteiger partial charge in [-0.05, 0) is 64.0 Å². The minimum Gasteiger partial charge on any atom is -0.431 e. The number of amides is 1. The summed E-state index contributed by atoms with van der Waals surface area (Å²) in [7, 11) is 2.06. The van der Waals surface area contributed by atoms with E-state index in [1.165, 1.54) is 22.7 Å². The molecule has 2 aromatic carbocycles. The van der Waals surface area contributed by atoms with Crippen molar-refractivity contribution in [2.45, 2.75) is 18.2 Å². The summed E-state index contributed by atoms with van der Waals surface area (Å²) in [5.41, 5.74) is 1.53. The van der Waals surface area contributed by atoms with Crippen LogP contribution in [0.3, 0.4) is 0 Å². The molecule has 0 saturated heterocycles. The molecule has 6 nitrogen and oxygen atoms in total. The molecule has 1 aliphatic heterocycles. The Kier molecular flexibility index (Phi) is 7.94. The fourth-order valence-electron chi connectivity index (χ4n) is 4.59. The van der Waals surface area contributed by atoms with Crippen molar-refractivity contribution in [3.8, 4) is 0 Å². The maximum Gasteiger partial charge on any atom is 0.350 e. The second-order valence-electron chi connectivity index (χ2n) is 8.74. The SMILES string of the molecule is CN1c2cc(I)ccc2C(OC(=O)c2cccs2)(c2ccccc2)NCC1CCNC(=O)c1cccs1. The summed E-state index contributed by atoms with van der Waals surface area (Å²) in [5.74, 6) is -0.433. The highest BCUT2D eigenvalue weighted by Crippen LogP contribution is 2.41. The van der Waals surface area contributed by atoms with Gasteiger partial charge in [0, 0.05) is 46.6 Å².